The first-order valence-electron chi connectivity index (χ1n) is 9.02. The van der Waals surface area contributed by atoms with Gasteiger partial charge >= 0.3 is 0 Å². The minimum absolute atomic E-state index is 0. The molecule has 3 rings (SSSR count). The molecule has 0 spiro atoms. The molecular weight excluding hydrogens is 875 g/mol. The van der Waals surface area contributed by atoms with Gasteiger partial charge in [-0.15, -0.1) is 6.08 Å². The Morgan fingerprint density at radius 2 is 1.36 bits per heavy atom. The van der Waals surface area contributed by atoms with E-state index in [2.05, 4.69) is 51.8 Å². The Morgan fingerprint density at radius 3 is 1.57 bits per heavy atom. The Kier molecular flexibility index (Phi) is 71.6. The molecule has 1 atom stereocenters. The Hall–Kier alpha value is 7.21. The Bertz CT molecular complexity index is 314. The largest absolute Gasteiger partial charge is 0.501 e. The van der Waals surface area contributed by atoms with E-state index < -0.39 is 0 Å². The van der Waals surface area contributed by atoms with Crippen molar-refractivity contribution in [3.8, 4) is 0 Å². The van der Waals surface area contributed by atoms with Crippen LogP contribution in [0.4, 0.5) is 0 Å². The minimum atomic E-state index is 0. The number of hydrogen-bond donors (Lipinski definition) is 0. The number of allylic oxidation sites excluding steroid dienone is 4. The van der Waals surface area contributed by atoms with Gasteiger partial charge in [0.2, 0.25) is 0 Å². The summed E-state index contributed by atoms with van der Waals surface area (Å²) in [5.74, 6) is 1.92. The zero-order valence-corrected chi connectivity index (χ0v) is 38.4. The van der Waals surface area contributed by atoms with Gasteiger partial charge in [0, 0.05) is 229 Å². The van der Waals surface area contributed by atoms with Gasteiger partial charge in [-0.2, -0.15) is 32.1 Å². The molecule has 7 radical (unpaired) electrons. The van der Waals surface area contributed by atoms with Crippen molar-refractivity contribution in [3.05, 3.63) is 36.6 Å². The van der Waals surface area contributed by atoms with E-state index in [4.69, 9.17) is 0 Å². The van der Waals surface area contributed by atoms with Crippen LogP contribution in [0.2, 0.25) is 0 Å². The van der Waals surface area contributed by atoms with Crippen molar-refractivity contribution in [1.82, 2.24) is 0 Å². The molecule has 7 heteroatoms. The van der Waals surface area contributed by atoms with Gasteiger partial charge in [-0.25, -0.2) is 0 Å². The van der Waals surface area contributed by atoms with Crippen LogP contribution >= 0.6 is 0 Å². The van der Waals surface area contributed by atoms with Crippen LogP contribution in [-0.2, 0) is 229 Å². The molecule has 1 saturated carbocycles. The van der Waals surface area contributed by atoms with Crippen molar-refractivity contribution in [2.45, 2.75) is 85.0 Å². The summed E-state index contributed by atoms with van der Waals surface area (Å²) in [7, 11) is 0. The molecule has 0 aromatic rings. The molecule has 0 aliphatic heterocycles. The fourth-order valence-corrected chi connectivity index (χ4v) is 2.76. The van der Waals surface area contributed by atoms with Crippen LogP contribution < -0.4 is 0 Å². The van der Waals surface area contributed by atoms with Gasteiger partial charge in [0.1, 0.15) is 0 Å². The van der Waals surface area contributed by atoms with Crippen molar-refractivity contribution in [2.75, 3.05) is 0 Å². The van der Waals surface area contributed by atoms with Crippen molar-refractivity contribution in [2.24, 2.45) is 11.8 Å². The second kappa shape index (κ2) is 38.7. The minimum Gasteiger partial charge on any atom is -0.501 e. The van der Waals surface area contributed by atoms with Crippen molar-refractivity contribution in [3.63, 3.8) is 0 Å². The van der Waals surface area contributed by atoms with Crippen LogP contribution in [0.1, 0.15) is 85.0 Å². The predicted octanol–water partition coefficient (Wildman–Crippen LogP) is 6.87. The molecule has 0 aromatic heterocycles. The maximum atomic E-state index is 3.19. The molecular formula is C21H35Y7-3. The normalized spacial score (nSPS) is 19.4. The van der Waals surface area contributed by atoms with E-state index in [9.17, 15) is 0 Å². The smallest absolute Gasteiger partial charge is 0 e. The molecule has 0 nitrogen and oxygen atoms in total. The van der Waals surface area contributed by atoms with E-state index in [0.717, 1.165) is 11.8 Å². The van der Waals surface area contributed by atoms with Gasteiger partial charge in [-0.1, -0.05) is 51.5 Å². The van der Waals surface area contributed by atoms with Crippen LogP contribution in [0.5, 0.6) is 0 Å². The molecule has 0 N–H and O–H groups in total. The van der Waals surface area contributed by atoms with Crippen LogP contribution in [0.3, 0.4) is 0 Å². The third-order valence-electron chi connectivity index (χ3n) is 4.55. The summed E-state index contributed by atoms with van der Waals surface area (Å²) in [6.45, 7) is 6.83. The van der Waals surface area contributed by atoms with Crippen molar-refractivity contribution in [1.29, 1.82) is 0 Å². The maximum absolute atomic E-state index is 3.19. The van der Waals surface area contributed by atoms with E-state index in [1.807, 2.05) is 0 Å². The fourth-order valence-electron chi connectivity index (χ4n) is 2.76. The van der Waals surface area contributed by atoms with E-state index in [1.165, 1.54) is 64.2 Å². The van der Waals surface area contributed by atoms with Gasteiger partial charge in [0.05, 0.1) is 0 Å². The Labute approximate surface area is 353 Å². The summed E-state index contributed by atoms with van der Waals surface area (Å²) in [6, 6.07) is 0. The topological polar surface area (TPSA) is 0 Å². The quantitative estimate of drug-likeness (QED) is 0.184. The van der Waals surface area contributed by atoms with Crippen LogP contribution in [0.15, 0.2) is 17.7 Å². The fraction of sp³-hybridized carbons (Fsp3) is 0.714. The summed E-state index contributed by atoms with van der Waals surface area (Å²) < 4.78 is 0. The Balaban J connectivity index is -0.0000000420. The molecule has 0 amide bonds. The van der Waals surface area contributed by atoms with E-state index in [1.54, 1.807) is 5.57 Å². The molecule has 1 fully saturated rings. The zero-order valence-electron chi connectivity index (χ0n) is 18.6. The molecule has 3 aliphatic carbocycles. The van der Waals surface area contributed by atoms with Gasteiger partial charge < -0.3 is 18.9 Å². The SMILES string of the molecule is CC1=CC[CH-]CC1.CC1CC=[C-]CC1.CC1CC[CH-]CC1.[Y].[Y].[Y].[Y].[Y].[Y].[Y]. The second-order valence-corrected chi connectivity index (χ2v) is 6.95. The van der Waals surface area contributed by atoms with Crippen LogP contribution in [0.25, 0.3) is 0 Å². The summed E-state index contributed by atoms with van der Waals surface area (Å²) in [4.78, 5) is 0. The average molecular weight is 910 g/mol. The standard InChI is InChI=1S/C7H13.2C7H11.7Y/c3*1-7-5-3-2-4-6-7;;;;;;;/h2,7H,3-6H2,1H3;3,7H,4-6H2,1H3;2,5H,3-4,6H2,1H3;;;;;;;/q3*-1;;;;;;;. The average Bonchev–Trinajstić information content (AvgIpc) is 2.51. The summed E-state index contributed by atoms with van der Waals surface area (Å²) >= 11 is 0. The van der Waals surface area contributed by atoms with Gasteiger partial charge in [-0.05, 0) is 18.8 Å². The molecule has 3 aliphatic rings. The maximum Gasteiger partial charge on any atom is 0 e. The van der Waals surface area contributed by atoms with Crippen LogP contribution in [-0.4, -0.2) is 0 Å². The molecule has 1 unspecified atom stereocenters. The third kappa shape index (κ3) is 35.4. The third-order valence-corrected chi connectivity index (χ3v) is 4.55. The summed E-state index contributed by atoms with van der Waals surface area (Å²) in [6.07, 6.45) is 25.5. The summed E-state index contributed by atoms with van der Waals surface area (Å²) in [5.41, 5.74) is 1.56. The molecule has 0 aromatic carbocycles. The molecule has 28 heavy (non-hydrogen) atoms. The van der Waals surface area contributed by atoms with E-state index >= 15 is 0 Å². The van der Waals surface area contributed by atoms with Gasteiger partial charge in [0.15, 0.2) is 0 Å². The second-order valence-electron chi connectivity index (χ2n) is 6.95. The van der Waals surface area contributed by atoms with E-state index in [-0.39, 0.29) is 229 Å². The molecule has 0 bridgehead atoms. The van der Waals surface area contributed by atoms with E-state index in [0.29, 0.717) is 0 Å². The molecule has 143 valence electrons. The van der Waals surface area contributed by atoms with Crippen LogP contribution in [0, 0.1) is 30.8 Å². The first-order valence-corrected chi connectivity index (χ1v) is 9.02. The summed E-state index contributed by atoms with van der Waals surface area (Å²) in [5, 5.41) is 0. The molecule has 0 heterocycles. The first-order chi connectivity index (χ1) is 10.2. The zero-order chi connectivity index (χ0) is 15.3. The van der Waals surface area contributed by atoms with Gasteiger partial charge in [0.25, 0.3) is 0 Å². The number of rotatable bonds is 0. The van der Waals surface area contributed by atoms with Gasteiger partial charge in [-0.3, -0.25) is 6.08 Å². The first kappa shape index (κ1) is 51.8. The number of hydrogen-bond acceptors (Lipinski definition) is 0. The molecule has 0 saturated heterocycles. The predicted molar refractivity (Wildman–Crippen MR) is 94.7 cm³/mol. The van der Waals surface area contributed by atoms with Crippen molar-refractivity contribution >= 4 is 0 Å². The monoisotopic (exact) mass is 910 g/mol. The van der Waals surface area contributed by atoms with Crippen molar-refractivity contribution < 1.29 is 229 Å². The Morgan fingerprint density at radius 1 is 0.786 bits per heavy atom.